The standard InChI is InChI=1S/C15H21BrFN/c1-10-6-12(9-15(2,3)8-10)18-14-5-4-11(16)7-13(14)17/h4-5,7,10,12,18H,6,8-9H2,1-3H3. The van der Waals surface area contributed by atoms with Crippen LogP contribution in [0, 0.1) is 17.2 Å². The second-order valence-electron chi connectivity index (χ2n) is 6.38. The van der Waals surface area contributed by atoms with Crippen molar-refractivity contribution in [2.75, 3.05) is 5.32 Å². The quantitative estimate of drug-likeness (QED) is 0.789. The lowest BCUT2D eigenvalue weighted by atomic mass is 9.70. The smallest absolute Gasteiger partial charge is 0.147 e. The van der Waals surface area contributed by atoms with E-state index in [0.29, 0.717) is 23.1 Å². The van der Waals surface area contributed by atoms with Gasteiger partial charge in [0.15, 0.2) is 0 Å². The molecule has 0 aromatic heterocycles. The average Bonchev–Trinajstić information content (AvgIpc) is 2.19. The highest BCUT2D eigenvalue weighted by Crippen LogP contribution is 2.39. The molecule has 1 aliphatic rings. The van der Waals surface area contributed by atoms with Crippen molar-refractivity contribution in [1.29, 1.82) is 0 Å². The van der Waals surface area contributed by atoms with E-state index < -0.39 is 0 Å². The van der Waals surface area contributed by atoms with Gasteiger partial charge < -0.3 is 5.32 Å². The van der Waals surface area contributed by atoms with Crippen LogP contribution in [0.1, 0.15) is 40.0 Å². The molecule has 0 amide bonds. The lowest BCUT2D eigenvalue weighted by Crippen LogP contribution is -2.35. The van der Waals surface area contributed by atoms with Crippen molar-refractivity contribution < 1.29 is 4.39 Å². The Morgan fingerprint density at radius 1 is 1.33 bits per heavy atom. The molecular formula is C15H21BrFN. The SMILES string of the molecule is CC1CC(Nc2ccc(Br)cc2F)CC(C)(C)C1. The summed E-state index contributed by atoms with van der Waals surface area (Å²) in [6, 6.07) is 5.58. The van der Waals surface area contributed by atoms with E-state index in [9.17, 15) is 4.39 Å². The van der Waals surface area contributed by atoms with Crippen LogP contribution in [-0.2, 0) is 0 Å². The van der Waals surface area contributed by atoms with Crippen LogP contribution in [0.5, 0.6) is 0 Å². The van der Waals surface area contributed by atoms with Crippen LogP contribution >= 0.6 is 15.9 Å². The highest BCUT2D eigenvalue weighted by Gasteiger charge is 2.32. The summed E-state index contributed by atoms with van der Waals surface area (Å²) in [7, 11) is 0. The third kappa shape index (κ3) is 3.47. The minimum absolute atomic E-state index is 0.180. The Labute approximate surface area is 117 Å². The van der Waals surface area contributed by atoms with Gasteiger partial charge in [0.25, 0.3) is 0 Å². The van der Waals surface area contributed by atoms with Crippen molar-refractivity contribution in [1.82, 2.24) is 0 Å². The number of hydrogen-bond donors (Lipinski definition) is 1. The Kier molecular flexibility index (Phi) is 4.00. The molecule has 100 valence electrons. The summed E-state index contributed by atoms with van der Waals surface area (Å²) in [4.78, 5) is 0. The number of anilines is 1. The fourth-order valence-electron chi connectivity index (χ4n) is 3.28. The van der Waals surface area contributed by atoms with Gasteiger partial charge in [-0.2, -0.15) is 0 Å². The maximum Gasteiger partial charge on any atom is 0.147 e. The molecule has 1 fully saturated rings. The van der Waals surface area contributed by atoms with Crippen molar-refractivity contribution in [3.05, 3.63) is 28.5 Å². The van der Waals surface area contributed by atoms with Gasteiger partial charge in [-0.25, -0.2) is 4.39 Å². The molecular weight excluding hydrogens is 293 g/mol. The third-order valence-electron chi connectivity index (χ3n) is 3.68. The van der Waals surface area contributed by atoms with Gasteiger partial charge in [0, 0.05) is 10.5 Å². The monoisotopic (exact) mass is 313 g/mol. The van der Waals surface area contributed by atoms with Crippen molar-refractivity contribution in [2.24, 2.45) is 11.3 Å². The van der Waals surface area contributed by atoms with Crippen molar-refractivity contribution in [3.63, 3.8) is 0 Å². The van der Waals surface area contributed by atoms with E-state index in [-0.39, 0.29) is 5.82 Å². The molecule has 0 spiro atoms. The van der Waals surface area contributed by atoms with Crippen molar-refractivity contribution in [2.45, 2.75) is 46.1 Å². The molecule has 2 unspecified atom stereocenters. The van der Waals surface area contributed by atoms with Gasteiger partial charge in [-0.3, -0.25) is 0 Å². The summed E-state index contributed by atoms with van der Waals surface area (Å²) >= 11 is 3.28. The zero-order chi connectivity index (χ0) is 13.3. The summed E-state index contributed by atoms with van der Waals surface area (Å²) in [6.07, 6.45) is 3.49. The van der Waals surface area contributed by atoms with Crippen LogP contribution in [0.4, 0.5) is 10.1 Å². The van der Waals surface area contributed by atoms with E-state index in [0.717, 1.165) is 17.3 Å². The van der Waals surface area contributed by atoms with E-state index in [4.69, 9.17) is 0 Å². The first kappa shape index (κ1) is 13.9. The van der Waals surface area contributed by atoms with Gasteiger partial charge in [0.2, 0.25) is 0 Å². The zero-order valence-electron chi connectivity index (χ0n) is 11.3. The van der Waals surface area contributed by atoms with Gasteiger partial charge in [0.1, 0.15) is 5.82 Å². The highest BCUT2D eigenvalue weighted by atomic mass is 79.9. The van der Waals surface area contributed by atoms with Crippen LogP contribution in [0.25, 0.3) is 0 Å². The number of benzene rings is 1. The largest absolute Gasteiger partial charge is 0.380 e. The molecule has 1 N–H and O–H groups in total. The Morgan fingerprint density at radius 2 is 2.06 bits per heavy atom. The maximum absolute atomic E-state index is 13.8. The molecule has 3 heteroatoms. The Morgan fingerprint density at radius 3 is 2.67 bits per heavy atom. The molecule has 0 radical (unpaired) electrons. The molecule has 1 saturated carbocycles. The Hall–Kier alpha value is -0.570. The lowest BCUT2D eigenvalue weighted by Gasteiger charge is -2.39. The molecule has 2 atom stereocenters. The number of hydrogen-bond acceptors (Lipinski definition) is 1. The normalized spacial score (nSPS) is 26.9. The fraction of sp³-hybridized carbons (Fsp3) is 0.600. The first-order chi connectivity index (χ1) is 8.35. The number of halogens is 2. The molecule has 0 saturated heterocycles. The predicted molar refractivity (Wildman–Crippen MR) is 78.3 cm³/mol. The summed E-state index contributed by atoms with van der Waals surface area (Å²) in [5.74, 6) is 0.519. The number of nitrogens with one attached hydrogen (secondary N) is 1. The molecule has 1 aromatic carbocycles. The van der Waals surface area contributed by atoms with Gasteiger partial charge in [-0.1, -0.05) is 36.7 Å². The van der Waals surface area contributed by atoms with E-state index in [1.807, 2.05) is 12.1 Å². The summed E-state index contributed by atoms with van der Waals surface area (Å²) in [6.45, 7) is 6.89. The first-order valence-electron chi connectivity index (χ1n) is 6.57. The van der Waals surface area contributed by atoms with Gasteiger partial charge in [-0.05, 0) is 48.8 Å². The molecule has 1 aliphatic carbocycles. The minimum atomic E-state index is -0.180. The van der Waals surface area contributed by atoms with E-state index in [1.165, 1.54) is 12.5 Å². The molecule has 1 aromatic rings. The van der Waals surface area contributed by atoms with Crippen LogP contribution < -0.4 is 5.32 Å². The topological polar surface area (TPSA) is 12.0 Å². The second-order valence-corrected chi connectivity index (χ2v) is 7.29. The second kappa shape index (κ2) is 5.20. The van der Waals surface area contributed by atoms with E-state index >= 15 is 0 Å². The van der Waals surface area contributed by atoms with Crippen LogP contribution in [0.15, 0.2) is 22.7 Å². The Balaban J connectivity index is 2.09. The lowest BCUT2D eigenvalue weighted by molar-refractivity contribution is 0.177. The molecule has 18 heavy (non-hydrogen) atoms. The number of rotatable bonds is 2. The fourth-order valence-corrected chi connectivity index (χ4v) is 3.62. The van der Waals surface area contributed by atoms with Crippen molar-refractivity contribution in [3.8, 4) is 0 Å². The van der Waals surface area contributed by atoms with Crippen LogP contribution in [0.2, 0.25) is 0 Å². The molecule has 1 nitrogen and oxygen atoms in total. The van der Waals surface area contributed by atoms with Crippen LogP contribution in [0.3, 0.4) is 0 Å². The highest BCUT2D eigenvalue weighted by molar-refractivity contribution is 9.10. The third-order valence-corrected chi connectivity index (χ3v) is 4.17. The summed E-state index contributed by atoms with van der Waals surface area (Å²) in [5.41, 5.74) is 0.967. The average molecular weight is 314 g/mol. The van der Waals surface area contributed by atoms with Gasteiger partial charge in [0.05, 0.1) is 5.69 Å². The summed E-state index contributed by atoms with van der Waals surface area (Å²) < 4.78 is 14.6. The Bertz CT molecular complexity index is 431. The first-order valence-corrected chi connectivity index (χ1v) is 7.37. The minimum Gasteiger partial charge on any atom is -0.380 e. The van der Waals surface area contributed by atoms with E-state index in [2.05, 4.69) is 42.0 Å². The predicted octanol–water partition coefficient (Wildman–Crippen LogP) is 5.21. The summed E-state index contributed by atoms with van der Waals surface area (Å²) in [5, 5.41) is 3.37. The molecule has 2 rings (SSSR count). The molecule has 0 aliphatic heterocycles. The molecule has 0 bridgehead atoms. The van der Waals surface area contributed by atoms with Crippen molar-refractivity contribution >= 4 is 21.6 Å². The van der Waals surface area contributed by atoms with Gasteiger partial charge in [-0.15, -0.1) is 0 Å². The maximum atomic E-state index is 13.8. The molecule has 0 heterocycles. The van der Waals surface area contributed by atoms with Gasteiger partial charge >= 0.3 is 0 Å². The zero-order valence-corrected chi connectivity index (χ0v) is 12.8. The van der Waals surface area contributed by atoms with Crippen LogP contribution in [-0.4, -0.2) is 6.04 Å². The van der Waals surface area contributed by atoms with E-state index in [1.54, 1.807) is 0 Å².